The Labute approximate surface area is 126 Å². The average molecular weight is 311 g/mol. The summed E-state index contributed by atoms with van der Waals surface area (Å²) in [4.78, 5) is 10.8. The van der Waals surface area contributed by atoms with Gasteiger partial charge in [0.2, 0.25) is 10.0 Å². The Balaban J connectivity index is 3.02. The fourth-order valence-corrected chi connectivity index (χ4v) is 3.89. The van der Waals surface area contributed by atoms with Gasteiger partial charge in [-0.2, -0.15) is 4.31 Å². The van der Waals surface area contributed by atoms with Crippen LogP contribution in [0.4, 0.5) is 0 Å². The van der Waals surface area contributed by atoms with Crippen LogP contribution in [0.3, 0.4) is 0 Å². The van der Waals surface area contributed by atoms with Gasteiger partial charge in [-0.15, -0.1) is 6.58 Å². The number of carbonyl (C=O) groups is 1. The molecular formula is C15H21NO4S. The Morgan fingerprint density at radius 2 is 1.81 bits per heavy atom. The van der Waals surface area contributed by atoms with Crippen LogP contribution in [0.15, 0.2) is 36.9 Å². The average Bonchev–Trinajstić information content (AvgIpc) is 2.34. The molecule has 0 aliphatic heterocycles. The van der Waals surface area contributed by atoms with Crippen molar-refractivity contribution in [1.82, 2.24) is 4.31 Å². The Hall–Kier alpha value is -1.66. The first-order valence-electron chi connectivity index (χ1n) is 6.51. The smallest absolute Gasteiger partial charge is 0.335 e. The molecular weight excluding hydrogens is 290 g/mol. The van der Waals surface area contributed by atoms with Gasteiger partial charge in [0.05, 0.1) is 11.3 Å². The van der Waals surface area contributed by atoms with Gasteiger partial charge in [-0.05, 0) is 38.5 Å². The van der Waals surface area contributed by atoms with Crippen molar-refractivity contribution in [3.8, 4) is 0 Å². The molecule has 1 aromatic rings. The van der Waals surface area contributed by atoms with E-state index in [1.807, 2.05) is 20.8 Å². The summed E-state index contributed by atoms with van der Waals surface area (Å²) >= 11 is 0. The van der Waals surface area contributed by atoms with Crippen molar-refractivity contribution in [2.24, 2.45) is 0 Å². The van der Waals surface area contributed by atoms with Crippen LogP contribution in [0.2, 0.25) is 0 Å². The largest absolute Gasteiger partial charge is 0.478 e. The number of carboxylic acid groups (broad SMARTS) is 1. The summed E-state index contributed by atoms with van der Waals surface area (Å²) in [5.41, 5.74) is 0.141. The molecule has 0 atom stereocenters. The standard InChI is InChI=1S/C15H21NO4S/c1-5-10-16(15(2,3)4)21(19,20)11-12-6-8-13(9-7-12)14(17)18/h5-9H,1,10-11H2,2-4H3,(H,17,18). The van der Waals surface area contributed by atoms with Gasteiger partial charge in [0.15, 0.2) is 0 Å². The summed E-state index contributed by atoms with van der Waals surface area (Å²) in [6, 6.07) is 5.86. The number of carboxylic acids is 1. The first kappa shape index (κ1) is 17.4. The van der Waals surface area contributed by atoms with Crippen molar-refractivity contribution in [3.05, 3.63) is 48.0 Å². The number of hydrogen-bond donors (Lipinski definition) is 1. The van der Waals surface area contributed by atoms with Gasteiger partial charge in [-0.1, -0.05) is 18.2 Å². The van der Waals surface area contributed by atoms with Crippen LogP contribution in [-0.4, -0.2) is 35.9 Å². The molecule has 5 nitrogen and oxygen atoms in total. The summed E-state index contributed by atoms with van der Waals surface area (Å²) in [7, 11) is -3.51. The summed E-state index contributed by atoms with van der Waals surface area (Å²) in [6.45, 7) is 9.29. The van der Waals surface area contributed by atoms with Crippen LogP contribution in [0.1, 0.15) is 36.7 Å². The lowest BCUT2D eigenvalue weighted by atomic mass is 10.1. The highest BCUT2D eigenvalue weighted by atomic mass is 32.2. The van der Waals surface area contributed by atoms with Crippen LogP contribution in [0.25, 0.3) is 0 Å². The Morgan fingerprint density at radius 3 is 2.19 bits per heavy atom. The van der Waals surface area contributed by atoms with Crippen LogP contribution >= 0.6 is 0 Å². The van der Waals surface area contributed by atoms with Crippen molar-refractivity contribution in [1.29, 1.82) is 0 Å². The molecule has 0 radical (unpaired) electrons. The molecule has 1 N–H and O–H groups in total. The minimum Gasteiger partial charge on any atom is -0.478 e. The van der Waals surface area contributed by atoms with Crippen molar-refractivity contribution >= 4 is 16.0 Å². The highest BCUT2D eigenvalue weighted by molar-refractivity contribution is 7.88. The number of hydrogen-bond acceptors (Lipinski definition) is 3. The summed E-state index contributed by atoms with van der Waals surface area (Å²) < 4.78 is 26.4. The van der Waals surface area contributed by atoms with Crippen molar-refractivity contribution in [2.45, 2.75) is 32.1 Å². The molecule has 0 bridgehead atoms. The molecule has 6 heteroatoms. The molecule has 0 unspecified atom stereocenters. The molecule has 1 aromatic carbocycles. The fraction of sp³-hybridized carbons (Fsp3) is 0.400. The number of sulfonamides is 1. The molecule has 0 fully saturated rings. The van der Waals surface area contributed by atoms with Crippen LogP contribution in [0.5, 0.6) is 0 Å². The summed E-state index contributed by atoms with van der Waals surface area (Å²) in [5, 5.41) is 8.84. The minimum absolute atomic E-state index is 0.134. The van der Waals surface area contributed by atoms with Gasteiger partial charge >= 0.3 is 5.97 Å². The number of rotatable bonds is 6. The van der Waals surface area contributed by atoms with E-state index >= 15 is 0 Å². The van der Waals surface area contributed by atoms with Crippen LogP contribution < -0.4 is 0 Å². The summed E-state index contributed by atoms with van der Waals surface area (Å²) in [5.74, 6) is -1.20. The van der Waals surface area contributed by atoms with Gasteiger partial charge in [0, 0.05) is 12.1 Å². The quantitative estimate of drug-likeness (QED) is 0.819. The van der Waals surface area contributed by atoms with E-state index in [9.17, 15) is 13.2 Å². The third kappa shape index (κ3) is 4.68. The van der Waals surface area contributed by atoms with Gasteiger partial charge in [0.1, 0.15) is 0 Å². The third-order valence-corrected chi connectivity index (χ3v) is 5.00. The van der Waals surface area contributed by atoms with E-state index in [-0.39, 0.29) is 17.9 Å². The molecule has 0 aliphatic carbocycles. The van der Waals surface area contributed by atoms with Crippen molar-refractivity contribution in [3.63, 3.8) is 0 Å². The van der Waals surface area contributed by atoms with Crippen LogP contribution in [-0.2, 0) is 15.8 Å². The van der Waals surface area contributed by atoms with E-state index < -0.39 is 21.5 Å². The third-order valence-electron chi connectivity index (χ3n) is 2.93. The summed E-state index contributed by atoms with van der Waals surface area (Å²) in [6.07, 6.45) is 1.55. The van der Waals surface area contributed by atoms with E-state index in [2.05, 4.69) is 6.58 Å². The first-order chi connectivity index (χ1) is 9.58. The lowest BCUT2D eigenvalue weighted by Gasteiger charge is -2.33. The maximum atomic E-state index is 12.5. The van der Waals surface area contributed by atoms with Gasteiger partial charge < -0.3 is 5.11 Å². The molecule has 0 heterocycles. The molecule has 1 rings (SSSR count). The zero-order valence-electron chi connectivity index (χ0n) is 12.5. The fourth-order valence-electron chi connectivity index (χ4n) is 1.95. The maximum absolute atomic E-state index is 12.5. The minimum atomic E-state index is -3.51. The topological polar surface area (TPSA) is 74.7 Å². The molecule has 0 spiro atoms. The second-order valence-electron chi connectivity index (χ2n) is 5.75. The second-order valence-corrected chi connectivity index (χ2v) is 7.64. The van der Waals surface area contributed by atoms with Crippen LogP contribution in [0, 0.1) is 0 Å². The highest BCUT2D eigenvalue weighted by Gasteiger charge is 2.31. The number of nitrogens with zero attached hydrogens (tertiary/aromatic N) is 1. The Morgan fingerprint density at radius 1 is 1.29 bits per heavy atom. The van der Waals surface area contributed by atoms with Gasteiger partial charge in [-0.3, -0.25) is 0 Å². The van der Waals surface area contributed by atoms with E-state index in [0.29, 0.717) is 5.56 Å². The highest BCUT2D eigenvalue weighted by Crippen LogP contribution is 2.21. The molecule has 21 heavy (non-hydrogen) atoms. The van der Waals surface area contributed by atoms with Crippen molar-refractivity contribution < 1.29 is 18.3 Å². The molecule has 0 saturated carbocycles. The lowest BCUT2D eigenvalue weighted by Crippen LogP contribution is -2.46. The Kier molecular flexibility index (Phi) is 5.31. The number of benzene rings is 1. The van der Waals surface area contributed by atoms with Gasteiger partial charge in [0.25, 0.3) is 0 Å². The normalized spacial score (nSPS) is 12.4. The van der Waals surface area contributed by atoms with E-state index in [0.717, 1.165) is 0 Å². The van der Waals surface area contributed by atoms with Crippen molar-refractivity contribution in [2.75, 3.05) is 6.54 Å². The molecule has 0 aliphatic rings. The predicted molar refractivity (Wildman–Crippen MR) is 82.7 cm³/mol. The van der Waals surface area contributed by atoms with Gasteiger partial charge in [-0.25, -0.2) is 13.2 Å². The Bertz CT molecular complexity index is 612. The second kappa shape index (κ2) is 6.41. The monoisotopic (exact) mass is 311 g/mol. The maximum Gasteiger partial charge on any atom is 0.335 e. The van der Waals surface area contributed by atoms with E-state index in [4.69, 9.17) is 5.11 Å². The predicted octanol–water partition coefficient (Wildman–Crippen LogP) is 2.50. The molecule has 0 amide bonds. The first-order valence-corrected chi connectivity index (χ1v) is 8.12. The number of aromatic carboxylic acids is 1. The lowest BCUT2D eigenvalue weighted by molar-refractivity contribution is 0.0697. The van der Waals surface area contributed by atoms with E-state index in [1.165, 1.54) is 28.6 Å². The molecule has 116 valence electrons. The SMILES string of the molecule is C=CCN(C(C)(C)C)S(=O)(=O)Cc1ccc(C(=O)O)cc1. The molecule has 0 aromatic heterocycles. The molecule has 0 saturated heterocycles. The van der Waals surface area contributed by atoms with E-state index in [1.54, 1.807) is 6.08 Å². The zero-order valence-corrected chi connectivity index (χ0v) is 13.4. The zero-order chi connectivity index (χ0) is 16.3.